The van der Waals surface area contributed by atoms with Gasteiger partial charge in [-0.1, -0.05) is 133 Å². The van der Waals surface area contributed by atoms with Crippen molar-refractivity contribution in [2.24, 2.45) is 0 Å². The van der Waals surface area contributed by atoms with Crippen molar-refractivity contribution >= 4 is 81.3 Å². The number of fused-ring (bicyclic) bond motifs is 8. The molecule has 0 fully saturated rings. The standard InChI is InChI=1S/C46H29NOS/c1-2-11-30(12-3-1)33-14-8-15-35(29-33)47(41-21-10-20-40-44-36-16-5-4-13-31(36)25-28-42(44)48-45(40)41)34-26-23-32(24-27-34)37-18-9-19-39-38-17-6-7-22-43(38)49-46(37)39/h1-29H. The summed E-state index contributed by atoms with van der Waals surface area (Å²) in [6.07, 6.45) is 0. The number of furan rings is 1. The zero-order chi connectivity index (χ0) is 32.3. The molecule has 0 aliphatic rings. The lowest BCUT2D eigenvalue weighted by Gasteiger charge is -2.26. The lowest BCUT2D eigenvalue weighted by atomic mass is 10.0. The van der Waals surface area contributed by atoms with Gasteiger partial charge in [-0.05, 0) is 75.5 Å². The van der Waals surface area contributed by atoms with Crippen molar-refractivity contribution in [1.29, 1.82) is 0 Å². The first-order chi connectivity index (χ1) is 24.3. The Balaban J connectivity index is 1.17. The summed E-state index contributed by atoms with van der Waals surface area (Å²) < 4.78 is 9.40. The number of anilines is 3. The van der Waals surface area contributed by atoms with E-state index in [2.05, 4.69) is 181 Å². The van der Waals surface area contributed by atoms with Crippen LogP contribution >= 0.6 is 11.3 Å². The molecule has 0 atom stereocenters. The summed E-state index contributed by atoms with van der Waals surface area (Å²) in [6.45, 7) is 0. The molecule has 3 heteroatoms. The molecule has 0 unspecified atom stereocenters. The maximum Gasteiger partial charge on any atom is 0.159 e. The van der Waals surface area contributed by atoms with E-state index in [1.165, 1.54) is 53.2 Å². The molecule has 2 aromatic heterocycles. The van der Waals surface area contributed by atoms with Crippen LogP contribution in [0.15, 0.2) is 180 Å². The fourth-order valence-corrected chi connectivity index (χ4v) is 8.61. The Morgan fingerprint density at radius 2 is 1.16 bits per heavy atom. The third-order valence-corrected chi connectivity index (χ3v) is 10.9. The minimum Gasteiger partial charge on any atom is -0.454 e. The lowest BCUT2D eigenvalue weighted by Crippen LogP contribution is -2.10. The number of nitrogens with zero attached hydrogens (tertiary/aromatic N) is 1. The summed E-state index contributed by atoms with van der Waals surface area (Å²) in [5.74, 6) is 0. The summed E-state index contributed by atoms with van der Waals surface area (Å²) in [7, 11) is 0. The van der Waals surface area contributed by atoms with Gasteiger partial charge < -0.3 is 9.32 Å². The largest absolute Gasteiger partial charge is 0.454 e. The van der Waals surface area contributed by atoms with E-state index in [4.69, 9.17) is 4.42 Å². The van der Waals surface area contributed by atoms with Gasteiger partial charge in [0.1, 0.15) is 5.58 Å². The molecule has 0 amide bonds. The van der Waals surface area contributed by atoms with Crippen LogP contribution in [0.2, 0.25) is 0 Å². The second-order valence-corrected chi connectivity index (χ2v) is 13.5. The molecule has 230 valence electrons. The lowest BCUT2D eigenvalue weighted by molar-refractivity contribution is 0.669. The van der Waals surface area contributed by atoms with Gasteiger partial charge in [-0.25, -0.2) is 0 Å². The van der Waals surface area contributed by atoms with Gasteiger partial charge in [0.2, 0.25) is 0 Å². The number of para-hydroxylation sites is 1. The Labute approximate surface area is 287 Å². The second-order valence-electron chi connectivity index (χ2n) is 12.5. The SMILES string of the molecule is c1ccc(-c2cccc(N(c3ccc(-c4cccc5c4sc4ccccc45)cc3)c3cccc4c3oc3ccc5ccccc5c34)c2)cc1. The van der Waals surface area contributed by atoms with Gasteiger partial charge in [-0.3, -0.25) is 0 Å². The Hall–Kier alpha value is -6.16. The Morgan fingerprint density at radius 1 is 0.449 bits per heavy atom. The highest BCUT2D eigenvalue weighted by atomic mass is 32.1. The first-order valence-electron chi connectivity index (χ1n) is 16.6. The molecule has 8 aromatic carbocycles. The predicted molar refractivity (Wildman–Crippen MR) is 210 cm³/mol. The molecule has 10 rings (SSSR count). The summed E-state index contributed by atoms with van der Waals surface area (Å²) in [5, 5.41) is 7.30. The summed E-state index contributed by atoms with van der Waals surface area (Å²) >= 11 is 1.87. The van der Waals surface area contributed by atoms with Crippen LogP contribution in [0.4, 0.5) is 17.1 Å². The minimum atomic E-state index is 0.873. The van der Waals surface area contributed by atoms with Gasteiger partial charge in [-0.15, -0.1) is 11.3 Å². The zero-order valence-electron chi connectivity index (χ0n) is 26.5. The van der Waals surface area contributed by atoms with Crippen molar-refractivity contribution in [3.63, 3.8) is 0 Å². The van der Waals surface area contributed by atoms with Crippen LogP contribution in [-0.2, 0) is 0 Å². The highest BCUT2D eigenvalue weighted by Crippen LogP contribution is 2.45. The molecule has 0 saturated heterocycles. The number of thiophene rings is 1. The average molecular weight is 644 g/mol. The molecule has 0 aliphatic heterocycles. The highest BCUT2D eigenvalue weighted by molar-refractivity contribution is 7.26. The molecule has 0 N–H and O–H groups in total. The Bertz CT molecular complexity index is 2830. The van der Waals surface area contributed by atoms with E-state index in [-0.39, 0.29) is 0 Å². The molecule has 0 spiro atoms. The van der Waals surface area contributed by atoms with E-state index in [1.54, 1.807) is 0 Å². The zero-order valence-corrected chi connectivity index (χ0v) is 27.3. The number of hydrogen-bond acceptors (Lipinski definition) is 3. The highest BCUT2D eigenvalue weighted by Gasteiger charge is 2.21. The summed E-state index contributed by atoms with van der Waals surface area (Å²) in [6, 6.07) is 63.0. The van der Waals surface area contributed by atoms with Gasteiger partial charge >= 0.3 is 0 Å². The Morgan fingerprint density at radius 3 is 2.06 bits per heavy atom. The van der Waals surface area contributed by atoms with Gasteiger partial charge in [-0.2, -0.15) is 0 Å². The molecule has 0 aliphatic carbocycles. The van der Waals surface area contributed by atoms with E-state index in [1.807, 2.05) is 11.3 Å². The van der Waals surface area contributed by atoms with Crippen molar-refractivity contribution < 1.29 is 4.42 Å². The van der Waals surface area contributed by atoms with E-state index >= 15 is 0 Å². The van der Waals surface area contributed by atoms with Gasteiger partial charge in [0.25, 0.3) is 0 Å². The molecule has 0 saturated carbocycles. The van der Waals surface area contributed by atoms with Crippen LogP contribution in [0, 0.1) is 0 Å². The quantitative estimate of drug-likeness (QED) is 0.186. The summed E-state index contributed by atoms with van der Waals surface area (Å²) in [5.41, 5.74) is 9.71. The van der Waals surface area contributed by atoms with E-state index in [0.29, 0.717) is 0 Å². The normalized spacial score (nSPS) is 11.7. The van der Waals surface area contributed by atoms with Gasteiger partial charge in [0.15, 0.2) is 5.58 Å². The third-order valence-electron chi connectivity index (χ3n) is 9.66. The molecular weight excluding hydrogens is 615 g/mol. The van der Waals surface area contributed by atoms with E-state index in [0.717, 1.165) is 39.0 Å². The van der Waals surface area contributed by atoms with Gasteiger partial charge in [0.05, 0.1) is 5.69 Å². The van der Waals surface area contributed by atoms with Crippen LogP contribution in [0.5, 0.6) is 0 Å². The number of rotatable bonds is 5. The van der Waals surface area contributed by atoms with Crippen LogP contribution in [0.25, 0.3) is 75.1 Å². The van der Waals surface area contributed by atoms with Crippen LogP contribution < -0.4 is 4.90 Å². The second kappa shape index (κ2) is 11.2. The van der Waals surface area contributed by atoms with Crippen molar-refractivity contribution in [1.82, 2.24) is 0 Å². The summed E-state index contributed by atoms with van der Waals surface area (Å²) in [4.78, 5) is 2.34. The number of hydrogen-bond donors (Lipinski definition) is 0. The van der Waals surface area contributed by atoms with E-state index in [9.17, 15) is 0 Å². The Kier molecular flexibility index (Phi) is 6.39. The smallest absolute Gasteiger partial charge is 0.159 e. The molecular formula is C46H29NOS. The maximum absolute atomic E-state index is 6.76. The van der Waals surface area contributed by atoms with Crippen molar-refractivity contribution in [2.75, 3.05) is 4.90 Å². The van der Waals surface area contributed by atoms with Crippen LogP contribution in [0.1, 0.15) is 0 Å². The first kappa shape index (κ1) is 27.9. The van der Waals surface area contributed by atoms with Gasteiger partial charge in [0, 0.05) is 42.3 Å². The molecule has 49 heavy (non-hydrogen) atoms. The van der Waals surface area contributed by atoms with E-state index < -0.39 is 0 Å². The number of benzene rings is 8. The maximum atomic E-state index is 6.76. The topological polar surface area (TPSA) is 16.4 Å². The van der Waals surface area contributed by atoms with Crippen molar-refractivity contribution in [2.45, 2.75) is 0 Å². The molecule has 0 radical (unpaired) electrons. The minimum absolute atomic E-state index is 0.873. The fourth-order valence-electron chi connectivity index (χ4n) is 7.38. The molecule has 10 aromatic rings. The molecule has 0 bridgehead atoms. The molecule has 2 heterocycles. The monoisotopic (exact) mass is 643 g/mol. The van der Waals surface area contributed by atoms with Crippen LogP contribution in [0.3, 0.4) is 0 Å². The molecule has 2 nitrogen and oxygen atoms in total. The third kappa shape index (κ3) is 4.55. The fraction of sp³-hybridized carbons (Fsp3) is 0. The van der Waals surface area contributed by atoms with Crippen LogP contribution in [-0.4, -0.2) is 0 Å². The predicted octanol–water partition coefficient (Wildman–Crippen LogP) is 13.9. The first-order valence-corrected chi connectivity index (χ1v) is 17.4. The van der Waals surface area contributed by atoms with Crippen molar-refractivity contribution in [3.05, 3.63) is 176 Å². The van der Waals surface area contributed by atoms with Crippen molar-refractivity contribution in [3.8, 4) is 22.3 Å². The average Bonchev–Trinajstić information content (AvgIpc) is 3.75.